The molecular formula is C19H16BrNO4. The highest BCUT2D eigenvalue weighted by Crippen LogP contribution is 2.20. The Balaban J connectivity index is 1.61. The first kappa shape index (κ1) is 17.2. The average Bonchev–Trinajstić information content (AvgIpc) is 2.93. The van der Waals surface area contributed by atoms with Crippen LogP contribution in [-0.2, 0) is 6.61 Å². The van der Waals surface area contributed by atoms with E-state index in [0.717, 1.165) is 21.5 Å². The molecule has 1 aromatic heterocycles. The number of aryl methyl sites for hydroxylation is 2. The van der Waals surface area contributed by atoms with Gasteiger partial charge in [-0.05, 0) is 62.4 Å². The summed E-state index contributed by atoms with van der Waals surface area (Å²) in [6, 6.07) is 13.9. The number of hydrogen-bond donors (Lipinski definition) is 0. The van der Waals surface area contributed by atoms with Gasteiger partial charge in [-0.1, -0.05) is 21.1 Å². The second-order valence-corrected chi connectivity index (χ2v) is 6.37. The fourth-order valence-corrected chi connectivity index (χ4v) is 2.48. The van der Waals surface area contributed by atoms with Crippen molar-refractivity contribution in [2.75, 3.05) is 0 Å². The number of esters is 1. The lowest BCUT2D eigenvalue weighted by Gasteiger charge is -2.07. The maximum atomic E-state index is 12.1. The molecule has 0 radical (unpaired) electrons. The third kappa shape index (κ3) is 4.28. The van der Waals surface area contributed by atoms with Gasteiger partial charge >= 0.3 is 5.97 Å². The normalized spacial score (nSPS) is 10.5. The fourth-order valence-electron chi connectivity index (χ4n) is 2.22. The molecule has 0 unspecified atom stereocenters. The molecule has 0 saturated carbocycles. The molecule has 0 fully saturated rings. The molecule has 6 heteroatoms. The quantitative estimate of drug-likeness (QED) is 0.451. The summed E-state index contributed by atoms with van der Waals surface area (Å²) in [7, 11) is 0. The number of nitrogens with zero attached hydrogens (tertiary/aromatic N) is 1. The topological polar surface area (TPSA) is 61.6 Å². The summed E-state index contributed by atoms with van der Waals surface area (Å²) in [5.74, 6) is 1.47. The molecule has 0 aliphatic rings. The molecule has 5 nitrogen and oxygen atoms in total. The average molecular weight is 402 g/mol. The number of ether oxygens (including phenoxy) is 2. The van der Waals surface area contributed by atoms with E-state index >= 15 is 0 Å². The van der Waals surface area contributed by atoms with Crippen LogP contribution in [0.4, 0.5) is 0 Å². The van der Waals surface area contributed by atoms with Crippen LogP contribution in [-0.4, -0.2) is 11.1 Å². The molecule has 3 rings (SSSR count). The van der Waals surface area contributed by atoms with Gasteiger partial charge in [0.1, 0.15) is 23.9 Å². The lowest BCUT2D eigenvalue weighted by Crippen LogP contribution is -2.08. The molecule has 2 aromatic carbocycles. The molecule has 0 aliphatic heterocycles. The molecular weight excluding hydrogens is 386 g/mol. The van der Waals surface area contributed by atoms with Crippen molar-refractivity contribution >= 4 is 21.9 Å². The zero-order valence-corrected chi connectivity index (χ0v) is 15.4. The van der Waals surface area contributed by atoms with Gasteiger partial charge in [0.05, 0.1) is 16.8 Å². The number of hydrogen-bond acceptors (Lipinski definition) is 5. The van der Waals surface area contributed by atoms with Crippen molar-refractivity contribution in [1.82, 2.24) is 5.16 Å². The number of halogens is 1. The summed E-state index contributed by atoms with van der Waals surface area (Å²) < 4.78 is 17.1. The van der Waals surface area contributed by atoms with Gasteiger partial charge < -0.3 is 14.0 Å². The highest BCUT2D eigenvalue weighted by atomic mass is 79.9. The Kier molecular flexibility index (Phi) is 5.19. The monoisotopic (exact) mass is 401 g/mol. The van der Waals surface area contributed by atoms with Crippen LogP contribution in [0.5, 0.6) is 11.5 Å². The molecule has 0 saturated heterocycles. The van der Waals surface area contributed by atoms with E-state index in [1.165, 1.54) is 0 Å². The van der Waals surface area contributed by atoms with Crippen LogP contribution in [0.15, 0.2) is 57.5 Å². The Morgan fingerprint density at radius 1 is 1.04 bits per heavy atom. The summed E-state index contributed by atoms with van der Waals surface area (Å²) in [6.45, 7) is 4.08. The van der Waals surface area contributed by atoms with Crippen LogP contribution in [0.1, 0.15) is 27.4 Å². The Labute approximate surface area is 153 Å². The van der Waals surface area contributed by atoms with E-state index in [1.54, 1.807) is 36.4 Å². The smallest absolute Gasteiger partial charge is 0.343 e. The van der Waals surface area contributed by atoms with Gasteiger partial charge in [0, 0.05) is 4.47 Å². The van der Waals surface area contributed by atoms with Crippen molar-refractivity contribution in [2.24, 2.45) is 0 Å². The van der Waals surface area contributed by atoms with Gasteiger partial charge in [0.2, 0.25) is 0 Å². The summed E-state index contributed by atoms with van der Waals surface area (Å²) in [5, 5.41) is 3.89. The van der Waals surface area contributed by atoms with Gasteiger partial charge in [0.25, 0.3) is 0 Å². The first-order chi connectivity index (χ1) is 12.0. The summed E-state index contributed by atoms with van der Waals surface area (Å²) >= 11 is 3.34. The minimum absolute atomic E-state index is 0.365. The Morgan fingerprint density at radius 2 is 1.68 bits per heavy atom. The van der Waals surface area contributed by atoms with Gasteiger partial charge in [0.15, 0.2) is 0 Å². The number of benzene rings is 2. The second kappa shape index (κ2) is 7.53. The molecule has 0 atom stereocenters. The number of carbonyl (C=O) groups is 1. The van der Waals surface area contributed by atoms with Gasteiger partial charge in [-0.3, -0.25) is 0 Å². The Hall–Kier alpha value is -2.60. The van der Waals surface area contributed by atoms with Crippen molar-refractivity contribution in [3.8, 4) is 11.5 Å². The van der Waals surface area contributed by atoms with Crippen molar-refractivity contribution in [1.29, 1.82) is 0 Å². The van der Waals surface area contributed by atoms with E-state index in [-0.39, 0.29) is 0 Å². The Morgan fingerprint density at radius 3 is 2.28 bits per heavy atom. The standard InChI is InChI=1S/C19H16BrNO4/c1-12-18(13(2)25-21-12)11-23-16-7-3-14(4-8-16)19(22)24-17-9-5-15(20)6-10-17/h3-10H,11H2,1-2H3. The van der Waals surface area contributed by atoms with Crippen LogP contribution in [0.2, 0.25) is 0 Å². The van der Waals surface area contributed by atoms with E-state index in [0.29, 0.717) is 23.7 Å². The molecule has 1 heterocycles. The van der Waals surface area contributed by atoms with E-state index in [9.17, 15) is 4.79 Å². The van der Waals surface area contributed by atoms with Crippen LogP contribution in [0.25, 0.3) is 0 Å². The predicted molar refractivity (Wildman–Crippen MR) is 95.9 cm³/mol. The van der Waals surface area contributed by atoms with E-state index in [4.69, 9.17) is 14.0 Å². The summed E-state index contributed by atoms with van der Waals surface area (Å²) in [6.07, 6.45) is 0. The predicted octanol–water partition coefficient (Wildman–Crippen LogP) is 4.85. The maximum absolute atomic E-state index is 12.1. The number of carbonyl (C=O) groups excluding carboxylic acids is 1. The lowest BCUT2D eigenvalue weighted by atomic mass is 10.2. The van der Waals surface area contributed by atoms with Crippen LogP contribution in [0.3, 0.4) is 0 Å². The highest BCUT2D eigenvalue weighted by molar-refractivity contribution is 9.10. The largest absolute Gasteiger partial charge is 0.489 e. The lowest BCUT2D eigenvalue weighted by molar-refractivity contribution is 0.0734. The molecule has 0 spiro atoms. The highest BCUT2D eigenvalue weighted by Gasteiger charge is 2.11. The van der Waals surface area contributed by atoms with Crippen molar-refractivity contribution in [3.05, 3.63) is 75.6 Å². The summed E-state index contributed by atoms with van der Waals surface area (Å²) in [5.41, 5.74) is 2.19. The molecule has 3 aromatic rings. The second-order valence-electron chi connectivity index (χ2n) is 5.46. The van der Waals surface area contributed by atoms with Crippen LogP contribution in [0, 0.1) is 13.8 Å². The van der Waals surface area contributed by atoms with E-state index < -0.39 is 5.97 Å². The van der Waals surface area contributed by atoms with Crippen molar-refractivity contribution in [2.45, 2.75) is 20.5 Å². The maximum Gasteiger partial charge on any atom is 0.343 e. The summed E-state index contributed by atoms with van der Waals surface area (Å²) in [4.78, 5) is 12.1. The third-order valence-corrected chi connectivity index (χ3v) is 4.21. The first-order valence-electron chi connectivity index (χ1n) is 7.65. The first-order valence-corrected chi connectivity index (χ1v) is 8.44. The van der Waals surface area contributed by atoms with Gasteiger partial charge in [-0.2, -0.15) is 0 Å². The third-order valence-electron chi connectivity index (χ3n) is 3.68. The molecule has 0 bridgehead atoms. The zero-order valence-electron chi connectivity index (χ0n) is 13.8. The number of rotatable bonds is 5. The molecule has 0 amide bonds. The molecule has 25 heavy (non-hydrogen) atoms. The van der Waals surface area contributed by atoms with E-state index in [1.807, 2.05) is 26.0 Å². The molecule has 128 valence electrons. The minimum Gasteiger partial charge on any atom is -0.489 e. The zero-order chi connectivity index (χ0) is 17.8. The van der Waals surface area contributed by atoms with Gasteiger partial charge in [-0.25, -0.2) is 4.79 Å². The van der Waals surface area contributed by atoms with Crippen molar-refractivity contribution in [3.63, 3.8) is 0 Å². The molecule has 0 N–H and O–H groups in total. The SMILES string of the molecule is Cc1noc(C)c1COc1ccc(C(=O)Oc2ccc(Br)cc2)cc1. The van der Waals surface area contributed by atoms with Crippen molar-refractivity contribution < 1.29 is 18.8 Å². The fraction of sp³-hybridized carbons (Fsp3) is 0.158. The molecule has 0 aliphatic carbocycles. The van der Waals surface area contributed by atoms with E-state index in [2.05, 4.69) is 21.1 Å². The minimum atomic E-state index is -0.417. The van der Waals surface area contributed by atoms with Crippen LogP contribution >= 0.6 is 15.9 Å². The Bertz CT molecular complexity index is 850. The number of aromatic nitrogens is 1. The van der Waals surface area contributed by atoms with Crippen LogP contribution < -0.4 is 9.47 Å². The van der Waals surface area contributed by atoms with Gasteiger partial charge in [-0.15, -0.1) is 0 Å².